The lowest BCUT2D eigenvalue weighted by Crippen LogP contribution is -2.42. The molecule has 2 aliphatic rings. The van der Waals surface area contributed by atoms with Gasteiger partial charge in [-0.15, -0.1) is 0 Å². The molecule has 2 aliphatic heterocycles. The third kappa shape index (κ3) is 6.10. The van der Waals surface area contributed by atoms with Gasteiger partial charge in [0.25, 0.3) is 0 Å². The van der Waals surface area contributed by atoms with Crippen molar-refractivity contribution in [2.24, 2.45) is 5.92 Å². The maximum absolute atomic E-state index is 12.5. The van der Waals surface area contributed by atoms with Crippen molar-refractivity contribution in [1.29, 1.82) is 0 Å². The minimum atomic E-state index is 0.00555. The standard InChI is InChI=1S/C22H34ClN3O2/c1-17-13-20(21(28-2)14-19(17)23)24-22(27)16-26-11-7-18(8-12-26)15-25-9-5-3-4-6-10-25/h13-14,18H,3-12,15-16H2,1-2H3,(H,24,27). The van der Waals surface area contributed by atoms with Crippen LogP contribution in [0, 0.1) is 12.8 Å². The summed E-state index contributed by atoms with van der Waals surface area (Å²) in [6, 6.07) is 3.62. The highest BCUT2D eigenvalue weighted by Crippen LogP contribution is 2.31. The van der Waals surface area contributed by atoms with Crippen LogP contribution in [-0.4, -0.2) is 62.1 Å². The Morgan fingerprint density at radius 2 is 1.79 bits per heavy atom. The Morgan fingerprint density at radius 3 is 2.43 bits per heavy atom. The van der Waals surface area contributed by atoms with E-state index in [0.717, 1.165) is 24.6 Å². The quantitative estimate of drug-likeness (QED) is 0.768. The number of nitrogens with one attached hydrogen (secondary N) is 1. The van der Waals surface area contributed by atoms with E-state index < -0.39 is 0 Å². The molecule has 5 nitrogen and oxygen atoms in total. The molecule has 0 bridgehead atoms. The van der Waals surface area contributed by atoms with Gasteiger partial charge < -0.3 is 15.0 Å². The van der Waals surface area contributed by atoms with Crippen molar-refractivity contribution in [2.45, 2.75) is 45.4 Å². The van der Waals surface area contributed by atoms with Crippen LogP contribution in [0.5, 0.6) is 5.75 Å². The number of hydrogen-bond donors (Lipinski definition) is 1. The molecule has 1 aromatic rings. The SMILES string of the molecule is COc1cc(Cl)c(C)cc1NC(=O)CN1CCC(CN2CCCCCC2)CC1. The number of piperidine rings is 1. The molecule has 6 heteroatoms. The van der Waals surface area contributed by atoms with Gasteiger partial charge in [-0.3, -0.25) is 9.69 Å². The summed E-state index contributed by atoms with van der Waals surface area (Å²) in [6.07, 6.45) is 7.86. The van der Waals surface area contributed by atoms with E-state index in [2.05, 4.69) is 15.1 Å². The van der Waals surface area contributed by atoms with Gasteiger partial charge in [0, 0.05) is 17.6 Å². The maximum Gasteiger partial charge on any atom is 0.238 e. The highest BCUT2D eigenvalue weighted by atomic mass is 35.5. The topological polar surface area (TPSA) is 44.8 Å². The summed E-state index contributed by atoms with van der Waals surface area (Å²) in [5.41, 5.74) is 1.61. The van der Waals surface area contributed by atoms with Crippen LogP contribution < -0.4 is 10.1 Å². The Balaban J connectivity index is 1.44. The van der Waals surface area contributed by atoms with Gasteiger partial charge in [-0.05, 0) is 76.3 Å². The summed E-state index contributed by atoms with van der Waals surface area (Å²) in [7, 11) is 1.59. The second-order valence-corrected chi connectivity index (χ2v) is 8.69. The Bertz CT molecular complexity index is 651. The largest absolute Gasteiger partial charge is 0.495 e. The number of ether oxygens (including phenoxy) is 1. The average Bonchev–Trinajstić information content (AvgIpc) is 2.94. The predicted molar refractivity (Wildman–Crippen MR) is 115 cm³/mol. The Labute approximate surface area is 174 Å². The number of anilines is 1. The smallest absolute Gasteiger partial charge is 0.238 e. The number of carbonyl (C=O) groups excluding carboxylic acids is 1. The molecular weight excluding hydrogens is 374 g/mol. The monoisotopic (exact) mass is 407 g/mol. The third-order valence-electron chi connectivity index (χ3n) is 6.04. The van der Waals surface area contributed by atoms with E-state index >= 15 is 0 Å². The van der Waals surface area contributed by atoms with E-state index in [1.165, 1.54) is 58.2 Å². The third-order valence-corrected chi connectivity index (χ3v) is 6.45. The highest BCUT2D eigenvalue weighted by molar-refractivity contribution is 6.31. The molecule has 1 N–H and O–H groups in total. The predicted octanol–water partition coefficient (Wildman–Crippen LogP) is 4.18. The van der Waals surface area contributed by atoms with Crippen LogP contribution in [0.2, 0.25) is 5.02 Å². The molecule has 1 aromatic carbocycles. The van der Waals surface area contributed by atoms with Crippen molar-refractivity contribution in [3.63, 3.8) is 0 Å². The summed E-state index contributed by atoms with van der Waals surface area (Å²) >= 11 is 6.14. The van der Waals surface area contributed by atoms with Gasteiger partial charge in [0.05, 0.1) is 19.3 Å². The van der Waals surface area contributed by atoms with E-state index in [9.17, 15) is 4.79 Å². The molecule has 0 saturated carbocycles. The Morgan fingerprint density at radius 1 is 1.11 bits per heavy atom. The number of hydrogen-bond acceptors (Lipinski definition) is 4. The molecule has 2 heterocycles. The van der Waals surface area contributed by atoms with E-state index in [0.29, 0.717) is 23.0 Å². The lowest BCUT2D eigenvalue weighted by atomic mass is 9.96. The molecule has 0 spiro atoms. The first-order valence-electron chi connectivity index (χ1n) is 10.6. The number of rotatable bonds is 6. The summed E-state index contributed by atoms with van der Waals surface area (Å²) in [4.78, 5) is 17.5. The molecular formula is C22H34ClN3O2. The van der Waals surface area contributed by atoms with Crippen molar-refractivity contribution < 1.29 is 9.53 Å². The second-order valence-electron chi connectivity index (χ2n) is 8.28. The normalized spacial score (nSPS) is 20.0. The van der Waals surface area contributed by atoms with Gasteiger partial charge in [-0.2, -0.15) is 0 Å². The molecule has 1 amide bonds. The van der Waals surface area contributed by atoms with Gasteiger partial charge in [0.2, 0.25) is 5.91 Å². The first-order chi connectivity index (χ1) is 13.5. The van der Waals surface area contributed by atoms with Gasteiger partial charge in [0.15, 0.2) is 0 Å². The molecule has 0 aromatic heterocycles. The van der Waals surface area contributed by atoms with Crippen molar-refractivity contribution in [1.82, 2.24) is 9.80 Å². The van der Waals surface area contributed by atoms with Crippen LogP contribution in [0.4, 0.5) is 5.69 Å². The van der Waals surface area contributed by atoms with Crippen LogP contribution in [-0.2, 0) is 4.79 Å². The number of halogens is 1. The zero-order valence-electron chi connectivity index (χ0n) is 17.3. The molecule has 0 radical (unpaired) electrons. The summed E-state index contributed by atoms with van der Waals surface area (Å²) in [5.74, 6) is 1.38. The van der Waals surface area contributed by atoms with E-state index in [1.807, 2.05) is 13.0 Å². The molecule has 3 rings (SSSR count). The molecule has 28 heavy (non-hydrogen) atoms. The molecule has 156 valence electrons. The summed E-state index contributed by atoms with van der Waals surface area (Å²) in [6.45, 7) is 8.14. The maximum atomic E-state index is 12.5. The molecule has 0 aliphatic carbocycles. The van der Waals surface area contributed by atoms with Crippen molar-refractivity contribution in [2.75, 3.05) is 51.7 Å². The van der Waals surface area contributed by atoms with Crippen LogP contribution >= 0.6 is 11.6 Å². The lowest BCUT2D eigenvalue weighted by Gasteiger charge is -2.34. The minimum absolute atomic E-state index is 0.00555. The average molecular weight is 408 g/mol. The number of amides is 1. The first kappa shape index (κ1) is 21.4. The van der Waals surface area contributed by atoms with Crippen molar-refractivity contribution in [3.05, 3.63) is 22.7 Å². The van der Waals surface area contributed by atoms with E-state index in [1.54, 1.807) is 13.2 Å². The van der Waals surface area contributed by atoms with Crippen LogP contribution in [0.15, 0.2) is 12.1 Å². The zero-order chi connectivity index (χ0) is 19.9. The van der Waals surface area contributed by atoms with Crippen molar-refractivity contribution in [3.8, 4) is 5.75 Å². The van der Waals surface area contributed by atoms with Gasteiger partial charge in [0.1, 0.15) is 5.75 Å². The number of benzene rings is 1. The number of carbonyl (C=O) groups is 1. The molecule has 2 fully saturated rings. The second kappa shape index (κ2) is 10.5. The number of likely N-dealkylation sites (tertiary alicyclic amines) is 2. The van der Waals surface area contributed by atoms with Crippen molar-refractivity contribution >= 4 is 23.2 Å². The highest BCUT2D eigenvalue weighted by Gasteiger charge is 2.23. The van der Waals surface area contributed by atoms with E-state index in [4.69, 9.17) is 16.3 Å². The molecule has 0 atom stereocenters. The minimum Gasteiger partial charge on any atom is -0.495 e. The fraction of sp³-hybridized carbons (Fsp3) is 0.682. The molecule has 2 saturated heterocycles. The fourth-order valence-electron chi connectivity index (χ4n) is 4.33. The van der Waals surface area contributed by atoms with Crippen LogP contribution in [0.1, 0.15) is 44.1 Å². The van der Waals surface area contributed by atoms with E-state index in [-0.39, 0.29) is 5.91 Å². The lowest BCUT2D eigenvalue weighted by molar-refractivity contribution is -0.117. The van der Waals surface area contributed by atoms with Crippen LogP contribution in [0.3, 0.4) is 0 Å². The van der Waals surface area contributed by atoms with Gasteiger partial charge >= 0.3 is 0 Å². The number of aryl methyl sites for hydroxylation is 1. The van der Waals surface area contributed by atoms with Crippen LogP contribution in [0.25, 0.3) is 0 Å². The summed E-state index contributed by atoms with van der Waals surface area (Å²) in [5, 5.41) is 3.63. The Hall–Kier alpha value is -1.30. The molecule has 0 unspecified atom stereocenters. The Kier molecular flexibility index (Phi) is 8.00. The first-order valence-corrected chi connectivity index (χ1v) is 11.0. The zero-order valence-corrected chi connectivity index (χ0v) is 18.1. The number of nitrogens with zero attached hydrogens (tertiary/aromatic N) is 2. The van der Waals surface area contributed by atoms with Gasteiger partial charge in [-0.1, -0.05) is 24.4 Å². The fourth-order valence-corrected chi connectivity index (χ4v) is 4.49. The number of methoxy groups -OCH3 is 1. The van der Waals surface area contributed by atoms with Gasteiger partial charge in [-0.25, -0.2) is 0 Å². The summed E-state index contributed by atoms with van der Waals surface area (Å²) < 4.78 is 5.35.